The summed E-state index contributed by atoms with van der Waals surface area (Å²) in [7, 11) is 0. The zero-order chi connectivity index (χ0) is 18.6. The second-order valence-electron chi connectivity index (χ2n) is 9.12. The van der Waals surface area contributed by atoms with Crippen molar-refractivity contribution < 1.29 is 9.53 Å². The Kier molecular flexibility index (Phi) is 6.17. The molecule has 2 aliphatic heterocycles. The zero-order valence-electron chi connectivity index (χ0n) is 16.9. The number of likely N-dealkylation sites (tertiary alicyclic amines) is 1. The molecule has 0 N–H and O–H groups in total. The summed E-state index contributed by atoms with van der Waals surface area (Å²) >= 11 is 0. The minimum atomic E-state index is 0.372. The lowest BCUT2D eigenvalue weighted by atomic mass is 9.78. The molecule has 0 bridgehead atoms. The van der Waals surface area contributed by atoms with Crippen LogP contribution >= 0.6 is 0 Å². The fourth-order valence-electron chi connectivity index (χ4n) is 5.59. The second kappa shape index (κ2) is 8.77. The normalized spacial score (nSPS) is 26.6. The average molecular weight is 370 g/mol. The van der Waals surface area contributed by atoms with Gasteiger partial charge in [-0.05, 0) is 88.0 Å². The largest absolute Gasteiger partial charge is 0.493 e. The Hall–Kier alpha value is -1.35. The molecule has 1 saturated carbocycles. The summed E-state index contributed by atoms with van der Waals surface area (Å²) in [6.07, 6.45) is 11.1. The SMILES string of the molecule is CC(=O)CC1CCC(CCN2CCC(c3cccc4c3CCO4)CC2)CC1. The van der Waals surface area contributed by atoms with Gasteiger partial charge in [-0.1, -0.05) is 25.0 Å². The highest BCUT2D eigenvalue weighted by Crippen LogP contribution is 2.37. The van der Waals surface area contributed by atoms with Crippen LogP contribution in [0.3, 0.4) is 0 Å². The lowest BCUT2D eigenvalue weighted by Crippen LogP contribution is -2.35. The predicted octanol–water partition coefficient (Wildman–Crippen LogP) is 4.98. The van der Waals surface area contributed by atoms with E-state index in [1.807, 2.05) is 0 Å². The van der Waals surface area contributed by atoms with E-state index in [1.165, 1.54) is 70.1 Å². The number of hydrogen-bond acceptors (Lipinski definition) is 3. The van der Waals surface area contributed by atoms with E-state index in [9.17, 15) is 4.79 Å². The van der Waals surface area contributed by atoms with Crippen LogP contribution < -0.4 is 4.74 Å². The van der Waals surface area contributed by atoms with Gasteiger partial charge >= 0.3 is 0 Å². The first kappa shape index (κ1) is 19.0. The van der Waals surface area contributed by atoms with Crippen molar-refractivity contribution in [3.05, 3.63) is 29.3 Å². The van der Waals surface area contributed by atoms with Crippen molar-refractivity contribution in [2.24, 2.45) is 11.8 Å². The number of fused-ring (bicyclic) bond motifs is 1. The highest BCUT2D eigenvalue weighted by atomic mass is 16.5. The molecule has 0 amide bonds. The lowest BCUT2D eigenvalue weighted by molar-refractivity contribution is -0.118. The van der Waals surface area contributed by atoms with Crippen LogP contribution in [0.25, 0.3) is 0 Å². The molecule has 3 aliphatic rings. The van der Waals surface area contributed by atoms with E-state index in [0.29, 0.717) is 11.7 Å². The van der Waals surface area contributed by atoms with Crippen molar-refractivity contribution >= 4 is 5.78 Å². The monoisotopic (exact) mass is 369 g/mol. The van der Waals surface area contributed by atoms with Crippen molar-refractivity contribution in [3.63, 3.8) is 0 Å². The molecule has 0 radical (unpaired) electrons. The maximum atomic E-state index is 11.3. The number of hydrogen-bond donors (Lipinski definition) is 0. The first-order valence-electron chi connectivity index (χ1n) is 11.2. The Morgan fingerprint density at radius 3 is 2.56 bits per heavy atom. The van der Waals surface area contributed by atoms with Crippen molar-refractivity contribution in [1.29, 1.82) is 0 Å². The summed E-state index contributed by atoms with van der Waals surface area (Å²) in [4.78, 5) is 14.0. The van der Waals surface area contributed by atoms with E-state index in [0.717, 1.165) is 37.0 Å². The lowest BCUT2D eigenvalue weighted by Gasteiger charge is -2.35. The number of ether oxygens (including phenoxy) is 1. The van der Waals surface area contributed by atoms with Gasteiger partial charge in [0.1, 0.15) is 11.5 Å². The van der Waals surface area contributed by atoms with E-state index in [-0.39, 0.29) is 0 Å². The maximum absolute atomic E-state index is 11.3. The highest BCUT2D eigenvalue weighted by Gasteiger charge is 2.27. The van der Waals surface area contributed by atoms with E-state index in [4.69, 9.17) is 4.74 Å². The number of ketones is 1. The van der Waals surface area contributed by atoms with Crippen molar-refractivity contribution in [2.45, 2.75) is 70.6 Å². The van der Waals surface area contributed by atoms with Gasteiger partial charge < -0.3 is 14.4 Å². The van der Waals surface area contributed by atoms with Gasteiger partial charge in [0.15, 0.2) is 0 Å². The van der Waals surface area contributed by atoms with Gasteiger partial charge in [0.25, 0.3) is 0 Å². The molecule has 27 heavy (non-hydrogen) atoms. The standard InChI is InChI=1S/C24H35NO2/c1-18(26)17-20-7-5-19(6-8-20)9-13-25-14-10-21(11-15-25)22-3-2-4-24-23(22)12-16-27-24/h2-4,19-21H,5-17H2,1H3. The first-order chi connectivity index (χ1) is 13.2. The van der Waals surface area contributed by atoms with Crippen LogP contribution in [0.1, 0.15) is 75.3 Å². The summed E-state index contributed by atoms with van der Waals surface area (Å²) in [6, 6.07) is 6.65. The third-order valence-electron chi connectivity index (χ3n) is 7.20. The number of nitrogens with zero attached hydrogens (tertiary/aromatic N) is 1. The van der Waals surface area contributed by atoms with Crippen molar-refractivity contribution in [3.8, 4) is 5.75 Å². The highest BCUT2D eigenvalue weighted by molar-refractivity contribution is 5.75. The topological polar surface area (TPSA) is 29.5 Å². The molecule has 3 heteroatoms. The van der Waals surface area contributed by atoms with Gasteiger partial charge in [-0.15, -0.1) is 0 Å². The summed E-state index contributed by atoms with van der Waals surface area (Å²) < 4.78 is 5.76. The Labute approximate surface area is 164 Å². The average Bonchev–Trinajstić information content (AvgIpc) is 3.16. The third kappa shape index (κ3) is 4.74. The van der Waals surface area contributed by atoms with Gasteiger partial charge in [0.2, 0.25) is 0 Å². The van der Waals surface area contributed by atoms with Crippen molar-refractivity contribution in [1.82, 2.24) is 4.90 Å². The summed E-state index contributed by atoms with van der Waals surface area (Å²) in [5, 5.41) is 0. The fraction of sp³-hybridized carbons (Fsp3) is 0.708. The molecule has 0 spiro atoms. The first-order valence-corrected chi connectivity index (χ1v) is 11.2. The van der Waals surface area contributed by atoms with Crippen LogP contribution in [0, 0.1) is 11.8 Å². The Morgan fingerprint density at radius 2 is 1.81 bits per heavy atom. The number of piperidine rings is 1. The molecular weight excluding hydrogens is 334 g/mol. The zero-order valence-corrected chi connectivity index (χ0v) is 16.9. The van der Waals surface area contributed by atoms with Gasteiger partial charge in [-0.3, -0.25) is 0 Å². The van der Waals surface area contributed by atoms with E-state index in [1.54, 1.807) is 12.5 Å². The molecule has 4 rings (SSSR count). The summed E-state index contributed by atoms with van der Waals surface area (Å²) in [5.41, 5.74) is 3.05. The Bertz CT molecular complexity index is 640. The minimum Gasteiger partial charge on any atom is -0.493 e. The van der Waals surface area contributed by atoms with E-state index in [2.05, 4.69) is 23.1 Å². The van der Waals surface area contributed by atoms with Gasteiger partial charge in [0, 0.05) is 18.4 Å². The second-order valence-corrected chi connectivity index (χ2v) is 9.12. The molecule has 3 nitrogen and oxygen atoms in total. The molecule has 1 aromatic rings. The Morgan fingerprint density at radius 1 is 1.07 bits per heavy atom. The Balaban J connectivity index is 1.20. The molecule has 1 aromatic carbocycles. The number of carbonyl (C=O) groups excluding carboxylic acids is 1. The number of benzene rings is 1. The molecule has 0 unspecified atom stereocenters. The molecular formula is C24H35NO2. The van der Waals surface area contributed by atoms with Crippen LogP contribution in [-0.2, 0) is 11.2 Å². The quantitative estimate of drug-likeness (QED) is 0.708. The minimum absolute atomic E-state index is 0.372. The van der Waals surface area contributed by atoms with Crippen LogP contribution in [0.4, 0.5) is 0 Å². The third-order valence-corrected chi connectivity index (χ3v) is 7.20. The summed E-state index contributed by atoms with van der Waals surface area (Å²) in [5.74, 6) is 3.79. The van der Waals surface area contributed by atoms with Gasteiger partial charge in [0.05, 0.1) is 6.61 Å². The van der Waals surface area contributed by atoms with Gasteiger partial charge in [-0.2, -0.15) is 0 Å². The molecule has 2 heterocycles. The predicted molar refractivity (Wildman–Crippen MR) is 109 cm³/mol. The smallest absolute Gasteiger partial charge is 0.130 e. The molecule has 1 saturated heterocycles. The number of rotatable bonds is 6. The van der Waals surface area contributed by atoms with Crippen molar-refractivity contribution in [2.75, 3.05) is 26.2 Å². The van der Waals surface area contributed by atoms with Crippen LogP contribution in [0.15, 0.2) is 18.2 Å². The molecule has 0 atom stereocenters. The molecule has 148 valence electrons. The fourth-order valence-corrected chi connectivity index (χ4v) is 5.59. The molecule has 2 fully saturated rings. The van der Waals surface area contributed by atoms with Crippen LogP contribution in [-0.4, -0.2) is 36.9 Å². The maximum Gasteiger partial charge on any atom is 0.130 e. The van der Waals surface area contributed by atoms with E-state index >= 15 is 0 Å². The molecule has 0 aromatic heterocycles. The van der Waals surface area contributed by atoms with E-state index < -0.39 is 0 Å². The van der Waals surface area contributed by atoms with Gasteiger partial charge in [-0.25, -0.2) is 0 Å². The number of carbonyl (C=O) groups is 1. The summed E-state index contributed by atoms with van der Waals surface area (Å²) in [6.45, 7) is 6.36. The van der Waals surface area contributed by atoms with Crippen LogP contribution in [0.2, 0.25) is 0 Å². The molecule has 1 aliphatic carbocycles. The number of Topliss-reactive ketones (excluding diaryl/α,β-unsaturated/α-hetero) is 1. The van der Waals surface area contributed by atoms with Crippen LogP contribution in [0.5, 0.6) is 5.75 Å².